The Kier molecular flexibility index (Phi) is 4.13. The number of hydrogen-bond donors (Lipinski definition) is 0. The van der Waals surface area contributed by atoms with E-state index in [1.165, 1.54) is 11.2 Å². The molecule has 1 fully saturated rings. The summed E-state index contributed by atoms with van der Waals surface area (Å²) in [5.41, 5.74) is 0.841. The van der Waals surface area contributed by atoms with Crippen molar-refractivity contribution in [1.29, 1.82) is 0 Å². The Balaban J connectivity index is 1.71. The molecular formula is C15H20N6O. The first-order valence-corrected chi connectivity index (χ1v) is 7.64. The SMILES string of the molecule is C[C@@H]1CCC[C@H](C)N1C(=O)Cn1nnc(-c2ccncc2)n1. The van der Waals surface area contributed by atoms with E-state index in [-0.39, 0.29) is 24.5 Å². The number of piperidine rings is 1. The van der Waals surface area contributed by atoms with Crippen LogP contribution >= 0.6 is 0 Å². The molecule has 7 nitrogen and oxygen atoms in total. The van der Waals surface area contributed by atoms with E-state index in [1.807, 2.05) is 17.0 Å². The van der Waals surface area contributed by atoms with Crippen LogP contribution in [-0.4, -0.2) is 48.1 Å². The van der Waals surface area contributed by atoms with Crippen molar-refractivity contribution in [3.63, 3.8) is 0 Å². The van der Waals surface area contributed by atoms with Crippen molar-refractivity contribution in [2.24, 2.45) is 0 Å². The lowest BCUT2D eigenvalue weighted by atomic mass is 9.97. The molecule has 2 atom stereocenters. The molecule has 2 aromatic heterocycles. The van der Waals surface area contributed by atoms with Crippen LogP contribution in [0.2, 0.25) is 0 Å². The van der Waals surface area contributed by atoms with Crippen LogP contribution in [0.5, 0.6) is 0 Å². The van der Waals surface area contributed by atoms with Gasteiger partial charge in [0.2, 0.25) is 11.7 Å². The lowest BCUT2D eigenvalue weighted by Gasteiger charge is -2.38. The van der Waals surface area contributed by atoms with Crippen molar-refractivity contribution < 1.29 is 4.79 Å². The van der Waals surface area contributed by atoms with Gasteiger partial charge in [-0.25, -0.2) is 0 Å². The van der Waals surface area contributed by atoms with Gasteiger partial charge >= 0.3 is 0 Å². The van der Waals surface area contributed by atoms with E-state index in [4.69, 9.17) is 0 Å². The summed E-state index contributed by atoms with van der Waals surface area (Å²) in [7, 11) is 0. The zero-order valence-electron chi connectivity index (χ0n) is 12.9. The quantitative estimate of drug-likeness (QED) is 0.859. The second-order valence-corrected chi connectivity index (χ2v) is 5.81. The molecule has 3 rings (SSSR count). The van der Waals surface area contributed by atoms with Crippen molar-refractivity contribution in [3.8, 4) is 11.4 Å². The molecule has 116 valence electrons. The maximum absolute atomic E-state index is 12.5. The standard InChI is InChI=1S/C15H20N6O/c1-11-4-3-5-12(2)21(11)14(22)10-20-18-15(17-19-20)13-6-8-16-9-7-13/h6-9,11-12H,3-5,10H2,1-2H3/t11-,12+. The molecule has 2 aromatic rings. The minimum absolute atomic E-state index is 0.0541. The van der Waals surface area contributed by atoms with Crippen molar-refractivity contribution in [2.45, 2.75) is 51.7 Å². The lowest BCUT2D eigenvalue weighted by molar-refractivity contribution is -0.138. The fourth-order valence-corrected chi connectivity index (χ4v) is 3.04. The lowest BCUT2D eigenvalue weighted by Crippen LogP contribution is -2.48. The highest BCUT2D eigenvalue weighted by atomic mass is 16.2. The van der Waals surface area contributed by atoms with Crippen LogP contribution in [0.3, 0.4) is 0 Å². The number of pyridine rings is 1. The summed E-state index contributed by atoms with van der Waals surface area (Å²) in [6, 6.07) is 4.19. The van der Waals surface area contributed by atoms with Crippen LogP contribution in [0.4, 0.5) is 0 Å². The summed E-state index contributed by atoms with van der Waals surface area (Å²) in [4.78, 5) is 19.8. The molecule has 0 aromatic carbocycles. The maximum Gasteiger partial charge on any atom is 0.246 e. The predicted octanol–water partition coefficient (Wildman–Crippen LogP) is 1.52. The Morgan fingerprint density at radius 3 is 2.59 bits per heavy atom. The maximum atomic E-state index is 12.5. The Bertz CT molecular complexity index is 630. The monoisotopic (exact) mass is 300 g/mol. The van der Waals surface area contributed by atoms with Gasteiger partial charge in [-0.1, -0.05) is 0 Å². The van der Waals surface area contributed by atoms with Crippen LogP contribution in [0.15, 0.2) is 24.5 Å². The van der Waals surface area contributed by atoms with Crippen molar-refractivity contribution >= 4 is 5.91 Å². The largest absolute Gasteiger partial charge is 0.336 e. The third-order valence-corrected chi connectivity index (χ3v) is 4.15. The van der Waals surface area contributed by atoms with Gasteiger partial charge in [-0.15, -0.1) is 10.2 Å². The number of carbonyl (C=O) groups is 1. The summed E-state index contributed by atoms with van der Waals surface area (Å²) in [5, 5.41) is 12.3. The van der Waals surface area contributed by atoms with Crippen molar-refractivity contribution in [3.05, 3.63) is 24.5 Å². The number of nitrogens with zero attached hydrogens (tertiary/aromatic N) is 6. The van der Waals surface area contributed by atoms with Gasteiger partial charge in [-0.2, -0.15) is 4.80 Å². The first-order valence-electron chi connectivity index (χ1n) is 7.64. The fourth-order valence-electron chi connectivity index (χ4n) is 3.04. The van der Waals surface area contributed by atoms with Crippen LogP contribution < -0.4 is 0 Å². The highest BCUT2D eigenvalue weighted by molar-refractivity contribution is 5.76. The fraction of sp³-hybridized carbons (Fsp3) is 0.533. The summed E-state index contributed by atoms with van der Waals surface area (Å²) < 4.78 is 0. The molecule has 0 bridgehead atoms. The van der Waals surface area contributed by atoms with Gasteiger partial charge in [0.25, 0.3) is 0 Å². The minimum atomic E-state index is 0.0541. The average molecular weight is 300 g/mol. The topological polar surface area (TPSA) is 76.8 Å². The molecule has 0 radical (unpaired) electrons. The summed E-state index contributed by atoms with van der Waals surface area (Å²) in [6.45, 7) is 4.34. The van der Waals surface area contributed by atoms with E-state index in [9.17, 15) is 4.79 Å². The molecular weight excluding hydrogens is 280 g/mol. The van der Waals surface area contributed by atoms with E-state index in [2.05, 4.69) is 34.2 Å². The van der Waals surface area contributed by atoms with Gasteiger partial charge in [-0.05, 0) is 50.5 Å². The van der Waals surface area contributed by atoms with Crippen LogP contribution in [0.1, 0.15) is 33.1 Å². The van der Waals surface area contributed by atoms with Gasteiger partial charge in [0, 0.05) is 30.0 Å². The zero-order chi connectivity index (χ0) is 15.5. The molecule has 0 saturated carbocycles. The second kappa shape index (κ2) is 6.21. The molecule has 22 heavy (non-hydrogen) atoms. The molecule has 3 heterocycles. The number of likely N-dealkylation sites (tertiary alicyclic amines) is 1. The van der Waals surface area contributed by atoms with E-state index in [0.717, 1.165) is 18.4 Å². The van der Waals surface area contributed by atoms with Gasteiger partial charge in [0.1, 0.15) is 6.54 Å². The third kappa shape index (κ3) is 2.98. The summed E-state index contributed by atoms with van der Waals surface area (Å²) in [6.07, 6.45) is 6.66. The van der Waals surface area contributed by atoms with Crippen molar-refractivity contribution in [1.82, 2.24) is 30.1 Å². The van der Waals surface area contributed by atoms with Crippen molar-refractivity contribution in [2.75, 3.05) is 0 Å². The molecule has 1 saturated heterocycles. The normalized spacial score (nSPS) is 21.8. The van der Waals surface area contributed by atoms with Gasteiger partial charge in [0.15, 0.2) is 0 Å². The second-order valence-electron chi connectivity index (χ2n) is 5.81. The molecule has 1 aliphatic heterocycles. The van der Waals surface area contributed by atoms with Gasteiger partial charge < -0.3 is 4.90 Å². The predicted molar refractivity (Wildman–Crippen MR) is 80.7 cm³/mol. The van der Waals surface area contributed by atoms with Crippen LogP contribution in [0, 0.1) is 0 Å². The zero-order valence-corrected chi connectivity index (χ0v) is 12.9. The molecule has 0 N–H and O–H groups in total. The summed E-state index contributed by atoms with van der Waals surface area (Å²) >= 11 is 0. The van der Waals surface area contributed by atoms with E-state index >= 15 is 0 Å². The highest BCUT2D eigenvalue weighted by Gasteiger charge is 2.29. The number of carbonyl (C=O) groups excluding carboxylic acids is 1. The molecule has 0 spiro atoms. The number of tetrazole rings is 1. The van der Waals surface area contributed by atoms with Gasteiger partial charge in [-0.3, -0.25) is 9.78 Å². The minimum Gasteiger partial charge on any atom is -0.336 e. The van der Waals surface area contributed by atoms with E-state index in [0.29, 0.717) is 5.82 Å². The molecule has 1 amide bonds. The average Bonchev–Trinajstić information content (AvgIpc) is 2.96. The molecule has 1 aliphatic rings. The number of hydrogen-bond acceptors (Lipinski definition) is 5. The Labute approximate surface area is 129 Å². The summed E-state index contributed by atoms with van der Waals surface area (Å²) in [5.74, 6) is 0.563. The Morgan fingerprint density at radius 2 is 1.91 bits per heavy atom. The first-order chi connectivity index (χ1) is 10.6. The molecule has 0 aliphatic carbocycles. The first kappa shape index (κ1) is 14.6. The van der Waals surface area contributed by atoms with Crippen LogP contribution in [-0.2, 0) is 11.3 Å². The van der Waals surface area contributed by atoms with E-state index < -0.39 is 0 Å². The highest BCUT2D eigenvalue weighted by Crippen LogP contribution is 2.22. The van der Waals surface area contributed by atoms with E-state index in [1.54, 1.807) is 12.4 Å². The molecule has 0 unspecified atom stereocenters. The Hall–Kier alpha value is -2.31. The molecule has 7 heteroatoms. The smallest absolute Gasteiger partial charge is 0.246 e. The third-order valence-electron chi connectivity index (χ3n) is 4.15. The Morgan fingerprint density at radius 1 is 1.23 bits per heavy atom. The van der Waals surface area contributed by atoms with Crippen LogP contribution in [0.25, 0.3) is 11.4 Å². The van der Waals surface area contributed by atoms with Gasteiger partial charge in [0.05, 0.1) is 0 Å². The number of rotatable bonds is 3. The number of aromatic nitrogens is 5. The number of amides is 1.